The Balaban J connectivity index is 2.05. The number of carbonyl (C=O) groups is 1. The Morgan fingerprint density at radius 2 is 1.95 bits per heavy atom. The van der Waals surface area contributed by atoms with Crippen LogP contribution in [-0.2, 0) is 13.6 Å². The van der Waals surface area contributed by atoms with Crippen LogP contribution in [0.5, 0.6) is 0 Å². The number of hydrogen-bond acceptors (Lipinski definition) is 3. The number of nitrogens with zero attached hydrogens (tertiary/aromatic N) is 2. The van der Waals surface area contributed by atoms with Crippen molar-refractivity contribution in [2.75, 3.05) is 0 Å². The van der Waals surface area contributed by atoms with Gasteiger partial charge < -0.3 is 15.4 Å². The Labute approximate surface area is 123 Å². The molecule has 0 radical (unpaired) electrons. The Hall–Kier alpha value is -2.15. The number of aromatic nitrogens is 1. The molecule has 0 unspecified atom stereocenters. The van der Waals surface area contributed by atoms with E-state index in [9.17, 15) is 14.9 Å². The summed E-state index contributed by atoms with van der Waals surface area (Å²) < 4.78 is 2.22. The normalized spacial score (nSPS) is 10.3. The lowest BCUT2D eigenvalue weighted by Gasteiger charge is -2.04. The fraction of sp³-hybridized carbons (Fsp3) is 0.154. The molecule has 0 saturated heterocycles. The van der Waals surface area contributed by atoms with Crippen LogP contribution in [0.4, 0.5) is 5.82 Å². The van der Waals surface area contributed by atoms with Crippen LogP contribution in [0.1, 0.15) is 16.1 Å². The van der Waals surface area contributed by atoms with Crippen molar-refractivity contribution >= 4 is 27.7 Å². The van der Waals surface area contributed by atoms with Crippen molar-refractivity contribution in [3.8, 4) is 0 Å². The Morgan fingerprint density at radius 3 is 2.50 bits per heavy atom. The molecule has 0 fully saturated rings. The van der Waals surface area contributed by atoms with Crippen molar-refractivity contribution in [3.05, 3.63) is 62.2 Å². The average Bonchev–Trinajstić information content (AvgIpc) is 2.80. The number of halogens is 1. The number of nitro groups is 1. The van der Waals surface area contributed by atoms with Gasteiger partial charge in [0.15, 0.2) is 5.69 Å². The summed E-state index contributed by atoms with van der Waals surface area (Å²) in [5.74, 6) is -0.456. The highest BCUT2D eigenvalue weighted by molar-refractivity contribution is 9.10. The molecule has 1 N–H and O–H groups in total. The quantitative estimate of drug-likeness (QED) is 0.688. The van der Waals surface area contributed by atoms with Crippen LogP contribution < -0.4 is 5.32 Å². The molecular formula is C13H12BrN3O3. The van der Waals surface area contributed by atoms with E-state index in [4.69, 9.17) is 0 Å². The molecule has 2 rings (SSSR count). The molecule has 0 aliphatic rings. The summed E-state index contributed by atoms with van der Waals surface area (Å²) >= 11 is 3.33. The van der Waals surface area contributed by atoms with Crippen LogP contribution in [0.2, 0.25) is 0 Å². The molecule has 20 heavy (non-hydrogen) atoms. The zero-order valence-corrected chi connectivity index (χ0v) is 12.3. The van der Waals surface area contributed by atoms with Crippen molar-refractivity contribution in [2.45, 2.75) is 6.54 Å². The zero-order valence-electron chi connectivity index (χ0n) is 10.7. The third-order valence-corrected chi connectivity index (χ3v) is 3.41. The maximum Gasteiger partial charge on any atom is 0.323 e. The average molecular weight is 338 g/mol. The number of carbonyl (C=O) groups excluding carboxylic acids is 1. The van der Waals surface area contributed by atoms with Crippen LogP contribution in [-0.4, -0.2) is 15.4 Å². The highest BCUT2D eigenvalue weighted by Crippen LogP contribution is 2.15. The fourth-order valence-electron chi connectivity index (χ4n) is 1.79. The van der Waals surface area contributed by atoms with E-state index in [2.05, 4.69) is 21.2 Å². The lowest BCUT2D eigenvalue weighted by Crippen LogP contribution is -2.25. The van der Waals surface area contributed by atoms with Gasteiger partial charge in [-0.15, -0.1) is 0 Å². The first-order valence-electron chi connectivity index (χ1n) is 5.82. The third-order valence-electron chi connectivity index (χ3n) is 2.88. The molecule has 6 nitrogen and oxygen atoms in total. The second kappa shape index (κ2) is 5.87. The Morgan fingerprint density at radius 1 is 1.30 bits per heavy atom. The highest BCUT2D eigenvalue weighted by atomic mass is 79.9. The molecular weight excluding hydrogens is 326 g/mol. The van der Waals surface area contributed by atoms with Gasteiger partial charge in [0.05, 0.1) is 7.05 Å². The Bertz CT molecular complexity index is 649. The fourth-order valence-corrected chi connectivity index (χ4v) is 2.05. The van der Waals surface area contributed by atoms with Gasteiger partial charge in [-0.2, -0.15) is 0 Å². The van der Waals surface area contributed by atoms with Crippen molar-refractivity contribution in [2.24, 2.45) is 7.05 Å². The van der Waals surface area contributed by atoms with Crippen LogP contribution in [0, 0.1) is 10.1 Å². The van der Waals surface area contributed by atoms with Crippen molar-refractivity contribution in [1.29, 1.82) is 0 Å². The monoisotopic (exact) mass is 337 g/mol. The maximum absolute atomic E-state index is 12.0. The summed E-state index contributed by atoms with van der Waals surface area (Å²) in [5, 5.41) is 13.4. The number of nitrogens with one attached hydrogen (secondary N) is 1. The van der Waals surface area contributed by atoms with Crippen LogP contribution in [0.3, 0.4) is 0 Å². The first-order chi connectivity index (χ1) is 9.49. The molecule has 104 valence electrons. The summed E-state index contributed by atoms with van der Waals surface area (Å²) in [4.78, 5) is 22.2. The molecule has 0 aliphatic carbocycles. The maximum atomic E-state index is 12.0. The van der Waals surface area contributed by atoms with Gasteiger partial charge in [0, 0.05) is 17.1 Å². The van der Waals surface area contributed by atoms with E-state index in [0.717, 1.165) is 10.0 Å². The van der Waals surface area contributed by atoms with Crippen LogP contribution >= 0.6 is 15.9 Å². The smallest absolute Gasteiger partial charge is 0.323 e. The first-order valence-corrected chi connectivity index (χ1v) is 6.61. The standard InChI is InChI=1S/C13H12BrN3O3/c1-16-11(6-7-12(16)17(19)20)13(18)15-8-9-2-4-10(14)5-3-9/h2-7H,8H2,1H3,(H,15,18). The van der Waals surface area contributed by atoms with E-state index < -0.39 is 4.92 Å². The molecule has 1 heterocycles. The van der Waals surface area contributed by atoms with E-state index in [-0.39, 0.29) is 17.4 Å². The van der Waals surface area contributed by atoms with Gasteiger partial charge in [0.25, 0.3) is 5.91 Å². The van der Waals surface area contributed by atoms with Gasteiger partial charge in [-0.05, 0) is 28.7 Å². The predicted molar refractivity (Wildman–Crippen MR) is 77.4 cm³/mol. The predicted octanol–water partition coefficient (Wildman–Crippen LogP) is 2.63. The third kappa shape index (κ3) is 3.05. The molecule has 0 atom stereocenters. The largest absolute Gasteiger partial charge is 0.358 e. The molecule has 1 amide bonds. The molecule has 7 heteroatoms. The van der Waals surface area contributed by atoms with Gasteiger partial charge in [-0.1, -0.05) is 28.1 Å². The van der Waals surface area contributed by atoms with Crippen LogP contribution in [0.25, 0.3) is 0 Å². The second-order valence-corrected chi connectivity index (χ2v) is 5.12. The minimum Gasteiger partial charge on any atom is -0.358 e. The topological polar surface area (TPSA) is 77.2 Å². The molecule has 1 aromatic heterocycles. The molecule has 2 aromatic rings. The molecule has 0 aliphatic heterocycles. The minimum atomic E-state index is -0.522. The highest BCUT2D eigenvalue weighted by Gasteiger charge is 2.20. The number of amides is 1. The van der Waals surface area contributed by atoms with Crippen molar-refractivity contribution in [3.63, 3.8) is 0 Å². The van der Waals surface area contributed by atoms with E-state index in [0.29, 0.717) is 6.54 Å². The summed E-state index contributed by atoms with van der Waals surface area (Å²) in [5.41, 5.74) is 1.21. The van der Waals surface area contributed by atoms with Gasteiger partial charge in [0.1, 0.15) is 0 Å². The SMILES string of the molecule is Cn1c(C(=O)NCc2ccc(Br)cc2)ccc1[N+](=O)[O-]. The summed E-state index contributed by atoms with van der Waals surface area (Å²) in [7, 11) is 1.49. The Kier molecular flexibility index (Phi) is 4.19. The van der Waals surface area contributed by atoms with Gasteiger partial charge in [-0.25, -0.2) is 4.57 Å². The minimum absolute atomic E-state index is 0.112. The molecule has 0 saturated carbocycles. The number of hydrogen-bond donors (Lipinski definition) is 1. The van der Waals surface area contributed by atoms with E-state index >= 15 is 0 Å². The van der Waals surface area contributed by atoms with Gasteiger partial charge in [-0.3, -0.25) is 4.79 Å². The molecule has 0 bridgehead atoms. The lowest BCUT2D eigenvalue weighted by atomic mass is 10.2. The second-order valence-electron chi connectivity index (χ2n) is 4.20. The summed E-state index contributed by atoms with van der Waals surface area (Å²) in [6.07, 6.45) is 0. The van der Waals surface area contributed by atoms with Crippen molar-refractivity contribution < 1.29 is 9.72 Å². The van der Waals surface area contributed by atoms with E-state index in [1.165, 1.54) is 23.7 Å². The molecule has 0 spiro atoms. The van der Waals surface area contributed by atoms with E-state index in [1.54, 1.807) is 0 Å². The molecule has 1 aromatic carbocycles. The summed E-state index contributed by atoms with van der Waals surface area (Å²) in [6.45, 7) is 0.366. The van der Waals surface area contributed by atoms with Crippen LogP contribution in [0.15, 0.2) is 40.9 Å². The number of benzene rings is 1. The lowest BCUT2D eigenvalue weighted by molar-refractivity contribution is -0.391. The number of rotatable bonds is 4. The van der Waals surface area contributed by atoms with Gasteiger partial charge >= 0.3 is 5.82 Å². The summed E-state index contributed by atoms with van der Waals surface area (Å²) in [6, 6.07) is 10.3. The van der Waals surface area contributed by atoms with Crippen molar-refractivity contribution in [1.82, 2.24) is 9.88 Å². The van der Waals surface area contributed by atoms with Gasteiger partial charge in [0.2, 0.25) is 0 Å². The van der Waals surface area contributed by atoms with E-state index in [1.807, 2.05) is 24.3 Å². The zero-order chi connectivity index (χ0) is 14.7. The first kappa shape index (κ1) is 14.3.